The van der Waals surface area contributed by atoms with Gasteiger partial charge in [-0.1, -0.05) is 13.0 Å². The summed E-state index contributed by atoms with van der Waals surface area (Å²) in [4.78, 5) is 0. The molecule has 0 bridgehead atoms. The van der Waals surface area contributed by atoms with E-state index in [1.165, 1.54) is 6.04 Å². The van der Waals surface area contributed by atoms with Crippen molar-refractivity contribution in [2.75, 3.05) is 6.61 Å². The third-order valence-electron chi connectivity index (χ3n) is 0.748. The Balaban J connectivity index is 2.34. The Morgan fingerprint density at radius 3 is 2.50 bits per heavy atom. The number of hydrogen-bond acceptors (Lipinski definition) is 0. The van der Waals surface area contributed by atoms with Crippen molar-refractivity contribution < 1.29 is 5.11 Å². The van der Waals surface area contributed by atoms with Crippen LogP contribution in [0.4, 0.5) is 0 Å². The lowest BCUT2D eigenvalue weighted by atomic mass is 10.9. The normalized spacial score (nSPS) is 11.0. The van der Waals surface area contributed by atoms with Crippen LogP contribution in [0.15, 0.2) is 0 Å². The Hall–Kier alpha value is 0.177. The molecular formula is C4H11OSi. The fraction of sp³-hybridized carbons (Fsp3) is 1.00. The largest absolute Gasteiger partial charge is 0.237 e. The van der Waals surface area contributed by atoms with Crippen molar-refractivity contribution in [2.24, 2.45) is 0 Å². The van der Waals surface area contributed by atoms with Crippen LogP contribution in [-0.4, -0.2) is 16.1 Å². The molecule has 37 valence electrons. The van der Waals surface area contributed by atoms with Crippen LogP contribution in [-0.2, 0) is 5.11 Å². The molecule has 0 heterocycles. The summed E-state index contributed by atoms with van der Waals surface area (Å²) in [5.74, 6) is 0. The Morgan fingerprint density at radius 1 is 1.67 bits per heavy atom. The van der Waals surface area contributed by atoms with Gasteiger partial charge in [0.15, 0.2) is 0 Å². The predicted molar refractivity (Wildman–Crippen MR) is 29.4 cm³/mol. The molecule has 0 atom stereocenters. The van der Waals surface area contributed by atoms with Gasteiger partial charge in [-0.3, -0.25) is 0 Å². The van der Waals surface area contributed by atoms with Crippen LogP contribution in [0.2, 0.25) is 12.1 Å². The minimum atomic E-state index is 0.109. The first-order chi connectivity index (χ1) is 2.91. The molecule has 1 radical (unpaired) electrons. The van der Waals surface area contributed by atoms with E-state index in [0.717, 1.165) is 6.04 Å². The van der Waals surface area contributed by atoms with Crippen molar-refractivity contribution in [1.29, 1.82) is 0 Å². The van der Waals surface area contributed by atoms with E-state index in [4.69, 9.17) is 0 Å². The van der Waals surface area contributed by atoms with E-state index in [2.05, 4.69) is 6.92 Å². The summed E-state index contributed by atoms with van der Waals surface area (Å²) in [7, 11) is 0.109. The third-order valence-corrected chi connectivity index (χ3v) is 2.24. The molecule has 0 unspecified atom stereocenters. The molecule has 0 spiro atoms. The molecule has 0 rings (SSSR count). The van der Waals surface area contributed by atoms with Crippen LogP contribution in [0, 0.1) is 0 Å². The lowest BCUT2D eigenvalue weighted by molar-refractivity contribution is 0.212. The minimum absolute atomic E-state index is 0.109. The van der Waals surface area contributed by atoms with Crippen molar-refractivity contribution in [3.63, 3.8) is 0 Å². The van der Waals surface area contributed by atoms with E-state index >= 15 is 0 Å². The highest BCUT2D eigenvalue weighted by atomic mass is 28.2. The molecule has 0 aromatic carbocycles. The highest BCUT2D eigenvalue weighted by molar-refractivity contribution is 6.35. The van der Waals surface area contributed by atoms with Gasteiger partial charge in [0.2, 0.25) is 0 Å². The third kappa shape index (κ3) is 4.18. The van der Waals surface area contributed by atoms with Gasteiger partial charge in [-0.15, -0.1) is 0 Å². The van der Waals surface area contributed by atoms with Crippen LogP contribution in [0.3, 0.4) is 0 Å². The van der Waals surface area contributed by atoms with Gasteiger partial charge in [-0.05, 0) is 6.04 Å². The number of hydrogen-bond donors (Lipinski definition) is 0. The second kappa shape index (κ2) is 5.18. The zero-order valence-electron chi connectivity index (χ0n) is 4.24. The van der Waals surface area contributed by atoms with Gasteiger partial charge in [0, 0.05) is 9.52 Å². The van der Waals surface area contributed by atoms with Gasteiger partial charge in [-0.2, -0.15) is 0 Å². The standard InChI is InChI=1S/C4H11OSi/c1-2-6-4-3-5/h2-4,6H2,1H3. The molecule has 0 amide bonds. The first kappa shape index (κ1) is 6.18. The van der Waals surface area contributed by atoms with Crippen LogP contribution in [0.1, 0.15) is 6.92 Å². The molecule has 0 aliphatic carbocycles. The molecular weight excluding hydrogens is 92.1 g/mol. The van der Waals surface area contributed by atoms with Crippen molar-refractivity contribution in [3.8, 4) is 0 Å². The average Bonchev–Trinajstić information content (AvgIpc) is 1.61. The molecule has 6 heavy (non-hydrogen) atoms. The second-order valence-electron chi connectivity index (χ2n) is 1.41. The Labute approximate surface area is 41.2 Å². The topological polar surface area (TPSA) is 19.9 Å². The van der Waals surface area contributed by atoms with Crippen LogP contribution in [0.5, 0.6) is 0 Å². The van der Waals surface area contributed by atoms with Gasteiger partial charge in [0.05, 0.1) is 6.61 Å². The molecule has 0 aromatic heterocycles. The van der Waals surface area contributed by atoms with Crippen molar-refractivity contribution in [3.05, 3.63) is 0 Å². The fourth-order valence-electron chi connectivity index (χ4n) is 0.352. The summed E-state index contributed by atoms with van der Waals surface area (Å²) < 4.78 is 0. The minimum Gasteiger partial charge on any atom is -0.237 e. The van der Waals surface area contributed by atoms with Gasteiger partial charge >= 0.3 is 0 Å². The maximum absolute atomic E-state index is 9.72. The van der Waals surface area contributed by atoms with Gasteiger partial charge in [-0.25, -0.2) is 5.11 Å². The SMILES string of the molecule is CC[SiH2]CC[O]. The average molecular weight is 103 g/mol. The van der Waals surface area contributed by atoms with Gasteiger partial charge < -0.3 is 0 Å². The quantitative estimate of drug-likeness (QED) is 0.365. The number of rotatable bonds is 3. The zero-order chi connectivity index (χ0) is 4.83. The summed E-state index contributed by atoms with van der Waals surface area (Å²) in [5.41, 5.74) is 0. The van der Waals surface area contributed by atoms with E-state index in [0.29, 0.717) is 0 Å². The summed E-state index contributed by atoms with van der Waals surface area (Å²) >= 11 is 0. The maximum atomic E-state index is 9.72. The Morgan fingerprint density at radius 2 is 2.33 bits per heavy atom. The fourth-order valence-corrected chi connectivity index (χ4v) is 1.06. The maximum Gasteiger partial charge on any atom is 0.0793 e. The second-order valence-corrected chi connectivity index (χ2v) is 3.83. The molecule has 0 aliphatic rings. The lowest BCUT2D eigenvalue weighted by Gasteiger charge is -1.82. The summed E-state index contributed by atoms with van der Waals surface area (Å²) in [6, 6.07) is 2.29. The van der Waals surface area contributed by atoms with E-state index < -0.39 is 0 Å². The van der Waals surface area contributed by atoms with E-state index in [9.17, 15) is 5.11 Å². The highest BCUT2D eigenvalue weighted by Crippen LogP contribution is 1.79. The monoisotopic (exact) mass is 103 g/mol. The smallest absolute Gasteiger partial charge is 0.0793 e. The summed E-state index contributed by atoms with van der Waals surface area (Å²) in [5, 5.41) is 9.72. The molecule has 1 nitrogen and oxygen atoms in total. The van der Waals surface area contributed by atoms with Crippen LogP contribution < -0.4 is 0 Å². The van der Waals surface area contributed by atoms with Crippen LogP contribution >= 0.6 is 0 Å². The van der Waals surface area contributed by atoms with E-state index in [-0.39, 0.29) is 16.1 Å². The van der Waals surface area contributed by atoms with Gasteiger partial charge in [0.1, 0.15) is 0 Å². The van der Waals surface area contributed by atoms with Gasteiger partial charge in [0.25, 0.3) is 0 Å². The summed E-state index contributed by atoms with van der Waals surface area (Å²) in [6.07, 6.45) is 0. The van der Waals surface area contributed by atoms with E-state index in [1.54, 1.807) is 0 Å². The molecule has 2 heteroatoms. The molecule has 0 saturated heterocycles. The van der Waals surface area contributed by atoms with Crippen molar-refractivity contribution >= 4 is 9.52 Å². The molecule has 0 fully saturated rings. The molecule has 0 N–H and O–H groups in total. The first-order valence-electron chi connectivity index (χ1n) is 2.50. The van der Waals surface area contributed by atoms with E-state index in [1.807, 2.05) is 0 Å². The van der Waals surface area contributed by atoms with Crippen LogP contribution in [0.25, 0.3) is 0 Å². The Bertz CT molecular complexity index is 19.5. The Kier molecular flexibility index (Phi) is 5.33. The van der Waals surface area contributed by atoms with Crippen molar-refractivity contribution in [2.45, 2.75) is 19.0 Å². The molecule has 0 saturated carbocycles. The summed E-state index contributed by atoms with van der Waals surface area (Å²) in [6.45, 7) is 2.32. The first-order valence-corrected chi connectivity index (χ1v) is 4.50. The van der Waals surface area contributed by atoms with Crippen molar-refractivity contribution in [1.82, 2.24) is 0 Å². The molecule has 0 aliphatic heterocycles. The molecule has 0 aromatic rings. The lowest BCUT2D eigenvalue weighted by Crippen LogP contribution is -1.87. The highest BCUT2D eigenvalue weighted by Gasteiger charge is 1.79. The zero-order valence-corrected chi connectivity index (χ0v) is 5.65. The predicted octanol–water partition coefficient (Wildman–Crippen LogP) is 0.442.